The largest absolute Gasteiger partial charge is 0.464 e. The number of furan rings is 1. The van der Waals surface area contributed by atoms with E-state index in [0.717, 1.165) is 5.76 Å². The van der Waals surface area contributed by atoms with Crippen molar-refractivity contribution in [3.63, 3.8) is 0 Å². The van der Waals surface area contributed by atoms with E-state index in [1.54, 1.807) is 19.2 Å². The lowest BCUT2D eigenvalue weighted by Crippen LogP contribution is -2.18. The Balaban J connectivity index is 2.49. The van der Waals surface area contributed by atoms with E-state index in [1.807, 2.05) is 19.1 Å². The third-order valence-corrected chi connectivity index (χ3v) is 2.95. The third-order valence-electron chi connectivity index (χ3n) is 2.62. The third kappa shape index (κ3) is 2.35. The molecule has 0 fully saturated rings. The summed E-state index contributed by atoms with van der Waals surface area (Å²) in [5.41, 5.74) is 0.408. The second-order valence-corrected chi connectivity index (χ2v) is 4.21. The molecule has 2 rings (SSSR count). The number of hydrogen-bond donors (Lipinski definition) is 1. The highest BCUT2D eigenvalue weighted by atomic mass is 35.5. The summed E-state index contributed by atoms with van der Waals surface area (Å²) in [6.07, 6.45) is 0. The van der Waals surface area contributed by atoms with E-state index in [9.17, 15) is 4.39 Å². The zero-order chi connectivity index (χ0) is 12.4. The molecule has 4 heteroatoms. The van der Waals surface area contributed by atoms with Crippen molar-refractivity contribution in [3.8, 4) is 0 Å². The Morgan fingerprint density at radius 2 is 2.06 bits per heavy atom. The van der Waals surface area contributed by atoms with Crippen LogP contribution in [0.5, 0.6) is 0 Å². The molecule has 1 aromatic carbocycles. The summed E-state index contributed by atoms with van der Waals surface area (Å²) in [5, 5.41) is 3.40. The minimum absolute atomic E-state index is 0.342. The summed E-state index contributed by atoms with van der Waals surface area (Å²) in [6, 6.07) is 7.92. The van der Waals surface area contributed by atoms with Crippen molar-refractivity contribution in [1.29, 1.82) is 0 Å². The molecule has 0 spiro atoms. The molecule has 0 aliphatic carbocycles. The van der Waals surface area contributed by atoms with Gasteiger partial charge in [-0.2, -0.15) is 0 Å². The number of rotatable bonds is 3. The number of benzene rings is 1. The minimum Gasteiger partial charge on any atom is -0.464 e. The fraction of sp³-hybridized carbons (Fsp3) is 0.231. The first kappa shape index (κ1) is 12.1. The van der Waals surface area contributed by atoms with Crippen LogP contribution in [0.2, 0.25) is 5.02 Å². The molecule has 1 heterocycles. The van der Waals surface area contributed by atoms with Crippen molar-refractivity contribution in [2.75, 3.05) is 7.05 Å². The Kier molecular flexibility index (Phi) is 3.50. The van der Waals surface area contributed by atoms with Gasteiger partial charge in [-0.15, -0.1) is 0 Å². The lowest BCUT2D eigenvalue weighted by Gasteiger charge is -2.16. The molecule has 1 unspecified atom stereocenters. The van der Waals surface area contributed by atoms with Gasteiger partial charge < -0.3 is 9.73 Å². The zero-order valence-electron chi connectivity index (χ0n) is 9.63. The van der Waals surface area contributed by atoms with Crippen molar-refractivity contribution >= 4 is 11.6 Å². The molecule has 0 saturated heterocycles. The van der Waals surface area contributed by atoms with Crippen LogP contribution in [0.1, 0.15) is 23.1 Å². The van der Waals surface area contributed by atoms with E-state index in [-0.39, 0.29) is 11.9 Å². The van der Waals surface area contributed by atoms with Gasteiger partial charge in [-0.05, 0) is 38.2 Å². The predicted octanol–water partition coefficient (Wildman–Crippen LogP) is 3.69. The maximum Gasteiger partial charge on any atom is 0.129 e. The number of nitrogens with one attached hydrogen (secondary N) is 1. The molecular weight excluding hydrogens is 241 g/mol. The Bertz CT molecular complexity index is 504. The van der Waals surface area contributed by atoms with Crippen LogP contribution in [0.25, 0.3) is 0 Å². The van der Waals surface area contributed by atoms with Crippen LogP contribution in [0.4, 0.5) is 4.39 Å². The molecule has 90 valence electrons. The van der Waals surface area contributed by atoms with Gasteiger partial charge in [0.1, 0.15) is 17.3 Å². The van der Waals surface area contributed by atoms with Gasteiger partial charge in [0.05, 0.1) is 6.04 Å². The predicted molar refractivity (Wildman–Crippen MR) is 65.8 cm³/mol. The zero-order valence-corrected chi connectivity index (χ0v) is 10.4. The van der Waals surface area contributed by atoms with Crippen LogP contribution >= 0.6 is 11.6 Å². The van der Waals surface area contributed by atoms with Crippen LogP contribution in [0.15, 0.2) is 34.7 Å². The smallest absolute Gasteiger partial charge is 0.129 e. The van der Waals surface area contributed by atoms with Gasteiger partial charge >= 0.3 is 0 Å². The molecule has 1 atom stereocenters. The topological polar surface area (TPSA) is 25.2 Å². The fourth-order valence-corrected chi connectivity index (χ4v) is 2.10. The number of aryl methyl sites for hydroxylation is 1. The molecule has 17 heavy (non-hydrogen) atoms. The van der Waals surface area contributed by atoms with E-state index in [4.69, 9.17) is 16.0 Å². The molecular formula is C13H13ClFNO. The first-order valence-corrected chi connectivity index (χ1v) is 5.68. The lowest BCUT2D eigenvalue weighted by atomic mass is 10.0. The van der Waals surface area contributed by atoms with Crippen molar-refractivity contribution < 1.29 is 8.81 Å². The van der Waals surface area contributed by atoms with E-state index in [2.05, 4.69) is 5.32 Å². The summed E-state index contributed by atoms with van der Waals surface area (Å²) in [6.45, 7) is 1.85. The van der Waals surface area contributed by atoms with E-state index >= 15 is 0 Å². The summed E-state index contributed by atoms with van der Waals surface area (Å²) in [5.74, 6) is 1.09. The molecule has 0 radical (unpaired) electrons. The first-order valence-electron chi connectivity index (χ1n) is 5.31. The van der Waals surface area contributed by atoms with E-state index < -0.39 is 0 Å². The monoisotopic (exact) mass is 253 g/mol. The summed E-state index contributed by atoms with van der Waals surface area (Å²) < 4.78 is 19.3. The standard InChI is InChI=1S/C13H13ClFNO/c1-8-6-7-11(17-8)13(16-2)12-9(14)4-3-5-10(12)15/h3-7,13,16H,1-2H3. The van der Waals surface area contributed by atoms with Gasteiger partial charge in [0.2, 0.25) is 0 Å². The molecule has 0 saturated carbocycles. The van der Waals surface area contributed by atoms with E-state index in [1.165, 1.54) is 6.07 Å². The first-order chi connectivity index (χ1) is 8.13. The van der Waals surface area contributed by atoms with Gasteiger partial charge in [0.15, 0.2) is 0 Å². The van der Waals surface area contributed by atoms with Crippen molar-refractivity contribution in [2.24, 2.45) is 0 Å². The molecule has 2 aromatic rings. The quantitative estimate of drug-likeness (QED) is 0.903. The molecule has 0 aliphatic heterocycles. The van der Waals surface area contributed by atoms with Gasteiger partial charge in [-0.1, -0.05) is 17.7 Å². The molecule has 0 amide bonds. The Morgan fingerprint density at radius 3 is 2.59 bits per heavy atom. The van der Waals surface area contributed by atoms with Gasteiger partial charge in [-0.25, -0.2) is 4.39 Å². The number of halogens is 2. The summed E-state index contributed by atoms with van der Waals surface area (Å²) in [7, 11) is 1.74. The normalized spacial score (nSPS) is 12.7. The lowest BCUT2D eigenvalue weighted by molar-refractivity contribution is 0.436. The Morgan fingerprint density at radius 1 is 1.29 bits per heavy atom. The second-order valence-electron chi connectivity index (χ2n) is 3.81. The van der Waals surface area contributed by atoms with Crippen LogP contribution in [-0.2, 0) is 0 Å². The highest BCUT2D eigenvalue weighted by molar-refractivity contribution is 6.31. The molecule has 0 aliphatic rings. The maximum atomic E-state index is 13.8. The highest BCUT2D eigenvalue weighted by Gasteiger charge is 2.21. The minimum atomic E-state index is -0.377. The van der Waals surface area contributed by atoms with Crippen molar-refractivity contribution in [3.05, 3.63) is 58.3 Å². The summed E-state index contributed by atoms with van der Waals surface area (Å²) >= 11 is 6.04. The molecule has 0 bridgehead atoms. The maximum absolute atomic E-state index is 13.8. The van der Waals surface area contributed by atoms with Crippen LogP contribution in [0, 0.1) is 12.7 Å². The summed E-state index contributed by atoms with van der Waals surface area (Å²) in [4.78, 5) is 0. The van der Waals surface area contributed by atoms with Crippen LogP contribution < -0.4 is 5.32 Å². The van der Waals surface area contributed by atoms with Gasteiger partial charge in [0, 0.05) is 10.6 Å². The highest BCUT2D eigenvalue weighted by Crippen LogP contribution is 2.31. The van der Waals surface area contributed by atoms with Crippen LogP contribution in [-0.4, -0.2) is 7.05 Å². The van der Waals surface area contributed by atoms with Crippen molar-refractivity contribution in [2.45, 2.75) is 13.0 Å². The Hall–Kier alpha value is -1.32. The van der Waals surface area contributed by atoms with Crippen LogP contribution in [0.3, 0.4) is 0 Å². The Labute approximate surface area is 104 Å². The number of hydrogen-bond acceptors (Lipinski definition) is 2. The second kappa shape index (κ2) is 4.90. The van der Waals surface area contributed by atoms with Gasteiger partial charge in [-0.3, -0.25) is 0 Å². The van der Waals surface area contributed by atoms with Crippen molar-refractivity contribution in [1.82, 2.24) is 5.32 Å². The molecule has 1 aromatic heterocycles. The van der Waals surface area contributed by atoms with Gasteiger partial charge in [0.25, 0.3) is 0 Å². The fourth-order valence-electron chi connectivity index (χ4n) is 1.82. The molecule has 2 nitrogen and oxygen atoms in total. The SMILES string of the molecule is CNC(c1ccc(C)o1)c1c(F)cccc1Cl. The average Bonchev–Trinajstić information content (AvgIpc) is 2.70. The van der Waals surface area contributed by atoms with E-state index in [0.29, 0.717) is 16.3 Å². The molecule has 1 N–H and O–H groups in total. The average molecular weight is 254 g/mol.